The molecule has 4 rings (SSSR count). The fourth-order valence-corrected chi connectivity index (χ4v) is 3.89. The summed E-state index contributed by atoms with van der Waals surface area (Å²) in [6.07, 6.45) is 8.36. The van der Waals surface area contributed by atoms with Gasteiger partial charge in [-0.25, -0.2) is 0 Å². The van der Waals surface area contributed by atoms with Gasteiger partial charge < -0.3 is 4.90 Å². The molecule has 0 aromatic carbocycles. The zero-order valence-corrected chi connectivity index (χ0v) is 11.4. The maximum atomic E-state index is 6.05. The van der Waals surface area contributed by atoms with E-state index in [9.17, 15) is 0 Å². The van der Waals surface area contributed by atoms with Crippen LogP contribution in [0, 0.1) is 5.92 Å². The summed E-state index contributed by atoms with van der Waals surface area (Å²) in [5.74, 6) is 1.78. The average molecular weight is 278 g/mol. The molecule has 2 aromatic rings. The third-order valence-electron chi connectivity index (χ3n) is 4.53. The van der Waals surface area contributed by atoms with Gasteiger partial charge >= 0.3 is 0 Å². The number of piperidine rings is 1. The highest BCUT2D eigenvalue weighted by atomic mass is 35.5. The van der Waals surface area contributed by atoms with Gasteiger partial charge in [-0.3, -0.25) is 5.10 Å². The van der Waals surface area contributed by atoms with Gasteiger partial charge in [-0.15, -0.1) is 0 Å². The van der Waals surface area contributed by atoms with Gasteiger partial charge in [-0.2, -0.15) is 15.1 Å². The van der Waals surface area contributed by atoms with Crippen LogP contribution in [0.1, 0.15) is 32.1 Å². The van der Waals surface area contributed by atoms with Gasteiger partial charge in [0.15, 0.2) is 5.65 Å². The second-order valence-electron chi connectivity index (χ2n) is 5.54. The second-order valence-corrected chi connectivity index (χ2v) is 5.88. The Morgan fingerprint density at radius 1 is 1.21 bits per heavy atom. The van der Waals surface area contributed by atoms with E-state index in [1.807, 2.05) is 0 Å². The van der Waals surface area contributed by atoms with Crippen LogP contribution in [0.15, 0.2) is 6.20 Å². The highest BCUT2D eigenvalue weighted by Gasteiger charge is 2.36. The Bertz CT molecular complexity index is 610. The Morgan fingerprint density at radius 3 is 3.05 bits per heavy atom. The number of aromatic nitrogens is 4. The molecule has 5 nitrogen and oxygen atoms in total. The van der Waals surface area contributed by atoms with Crippen molar-refractivity contribution in [2.75, 3.05) is 11.4 Å². The van der Waals surface area contributed by atoms with Crippen LogP contribution in [0.2, 0.25) is 5.28 Å². The molecule has 3 heterocycles. The van der Waals surface area contributed by atoms with Crippen molar-refractivity contribution in [2.45, 2.75) is 38.1 Å². The van der Waals surface area contributed by atoms with Crippen LogP contribution in [0.25, 0.3) is 11.0 Å². The number of halogens is 1. The molecule has 19 heavy (non-hydrogen) atoms. The lowest BCUT2D eigenvalue weighted by atomic mass is 9.92. The normalized spacial score (nSPS) is 26.9. The minimum atomic E-state index is 0.298. The Hall–Kier alpha value is -1.36. The van der Waals surface area contributed by atoms with Gasteiger partial charge in [0.25, 0.3) is 0 Å². The number of H-pyrrole nitrogens is 1. The van der Waals surface area contributed by atoms with Crippen molar-refractivity contribution in [1.82, 2.24) is 20.2 Å². The zero-order chi connectivity index (χ0) is 12.8. The molecular weight excluding hydrogens is 262 g/mol. The van der Waals surface area contributed by atoms with Crippen molar-refractivity contribution in [3.8, 4) is 0 Å². The fraction of sp³-hybridized carbons (Fsp3) is 0.615. The van der Waals surface area contributed by atoms with Crippen LogP contribution in [-0.2, 0) is 0 Å². The van der Waals surface area contributed by atoms with E-state index >= 15 is 0 Å². The molecule has 2 aromatic heterocycles. The van der Waals surface area contributed by atoms with Crippen molar-refractivity contribution < 1.29 is 0 Å². The molecule has 0 spiro atoms. The lowest BCUT2D eigenvalue weighted by molar-refractivity contribution is 0.361. The van der Waals surface area contributed by atoms with E-state index in [1.54, 1.807) is 6.20 Å². The van der Waals surface area contributed by atoms with Crippen molar-refractivity contribution >= 4 is 28.5 Å². The van der Waals surface area contributed by atoms with E-state index in [0.29, 0.717) is 11.3 Å². The lowest BCUT2D eigenvalue weighted by Crippen LogP contribution is -2.43. The molecule has 2 aliphatic rings. The first-order valence-corrected chi connectivity index (χ1v) is 7.34. The third kappa shape index (κ3) is 1.79. The number of nitrogens with zero attached hydrogens (tertiary/aromatic N) is 4. The van der Waals surface area contributed by atoms with Gasteiger partial charge in [0.1, 0.15) is 5.82 Å². The summed E-state index contributed by atoms with van der Waals surface area (Å²) in [5.41, 5.74) is 0.732. The molecule has 0 radical (unpaired) electrons. The summed E-state index contributed by atoms with van der Waals surface area (Å²) in [6.45, 7) is 1.06. The van der Waals surface area contributed by atoms with E-state index in [2.05, 4.69) is 25.1 Å². The Morgan fingerprint density at radius 2 is 2.11 bits per heavy atom. The van der Waals surface area contributed by atoms with Crippen LogP contribution in [0.5, 0.6) is 0 Å². The molecule has 1 saturated heterocycles. The van der Waals surface area contributed by atoms with Crippen LogP contribution in [0.3, 0.4) is 0 Å². The number of fused-ring (bicyclic) bond motifs is 2. The quantitative estimate of drug-likeness (QED) is 0.815. The number of aromatic amines is 1. The first kappa shape index (κ1) is 11.5. The molecule has 2 atom stereocenters. The highest BCUT2D eigenvalue weighted by Crippen LogP contribution is 2.40. The van der Waals surface area contributed by atoms with E-state index in [0.717, 1.165) is 29.3 Å². The van der Waals surface area contributed by atoms with Crippen LogP contribution >= 0.6 is 11.6 Å². The van der Waals surface area contributed by atoms with Gasteiger partial charge in [-0.1, -0.05) is 6.42 Å². The number of hydrogen-bond acceptors (Lipinski definition) is 4. The number of anilines is 1. The first-order chi connectivity index (χ1) is 9.33. The van der Waals surface area contributed by atoms with E-state index in [-0.39, 0.29) is 0 Å². The fourth-order valence-electron chi connectivity index (χ4n) is 3.73. The van der Waals surface area contributed by atoms with E-state index in [1.165, 1.54) is 32.1 Å². The number of nitrogens with one attached hydrogen (secondary N) is 1. The SMILES string of the molecule is Clc1nc(N2CCCC3CCCC32)c2cn[nH]c2n1. The number of hydrogen-bond donors (Lipinski definition) is 1. The summed E-state index contributed by atoms with van der Waals surface area (Å²) >= 11 is 6.05. The zero-order valence-electron chi connectivity index (χ0n) is 10.6. The molecular formula is C13H16ClN5. The monoisotopic (exact) mass is 277 g/mol. The molecule has 100 valence electrons. The molecule has 1 saturated carbocycles. The Kier molecular flexibility index (Phi) is 2.62. The van der Waals surface area contributed by atoms with Gasteiger partial charge in [0, 0.05) is 12.6 Å². The summed E-state index contributed by atoms with van der Waals surface area (Å²) < 4.78 is 0. The second kappa shape index (κ2) is 4.34. The van der Waals surface area contributed by atoms with Crippen LogP contribution in [-0.4, -0.2) is 32.8 Å². The highest BCUT2D eigenvalue weighted by molar-refractivity contribution is 6.28. The standard InChI is InChI=1S/C13H16ClN5/c14-13-16-11-9(7-15-18-11)12(17-13)19-6-2-4-8-3-1-5-10(8)19/h7-8,10H,1-6H2,(H,15,16,17,18). The smallest absolute Gasteiger partial charge is 0.226 e. The minimum Gasteiger partial charge on any atom is -0.353 e. The molecule has 0 bridgehead atoms. The van der Waals surface area contributed by atoms with E-state index in [4.69, 9.17) is 11.6 Å². The largest absolute Gasteiger partial charge is 0.353 e. The summed E-state index contributed by atoms with van der Waals surface area (Å²) in [5, 5.41) is 8.24. The predicted octanol–water partition coefficient (Wildman–Crippen LogP) is 2.78. The first-order valence-electron chi connectivity index (χ1n) is 6.96. The molecule has 0 amide bonds. The maximum Gasteiger partial charge on any atom is 0.226 e. The van der Waals surface area contributed by atoms with Crippen LogP contribution < -0.4 is 4.90 Å². The van der Waals surface area contributed by atoms with E-state index < -0.39 is 0 Å². The molecule has 1 aliphatic carbocycles. The predicted molar refractivity (Wildman–Crippen MR) is 74.4 cm³/mol. The topological polar surface area (TPSA) is 57.7 Å². The van der Waals surface area contributed by atoms with Crippen molar-refractivity contribution in [2.24, 2.45) is 5.92 Å². The van der Waals surface area contributed by atoms with Crippen molar-refractivity contribution in [3.05, 3.63) is 11.5 Å². The summed E-state index contributed by atoms with van der Waals surface area (Å²) in [6, 6.07) is 0.623. The molecule has 1 aliphatic heterocycles. The minimum absolute atomic E-state index is 0.298. The Balaban J connectivity index is 1.82. The van der Waals surface area contributed by atoms with Gasteiger partial charge in [-0.05, 0) is 43.2 Å². The summed E-state index contributed by atoms with van der Waals surface area (Å²) in [4.78, 5) is 11.1. The molecule has 2 fully saturated rings. The molecule has 1 N–H and O–H groups in total. The van der Waals surface area contributed by atoms with Gasteiger partial charge in [0.05, 0.1) is 11.6 Å². The van der Waals surface area contributed by atoms with Crippen molar-refractivity contribution in [1.29, 1.82) is 0 Å². The van der Waals surface area contributed by atoms with Crippen LogP contribution in [0.4, 0.5) is 5.82 Å². The third-order valence-corrected chi connectivity index (χ3v) is 4.70. The molecule has 2 unspecified atom stereocenters. The maximum absolute atomic E-state index is 6.05. The summed E-state index contributed by atoms with van der Waals surface area (Å²) in [7, 11) is 0. The van der Waals surface area contributed by atoms with Crippen molar-refractivity contribution in [3.63, 3.8) is 0 Å². The Labute approximate surface area is 116 Å². The number of rotatable bonds is 1. The molecule has 6 heteroatoms. The lowest BCUT2D eigenvalue weighted by Gasteiger charge is -2.38. The average Bonchev–Trinajstić information content (AvgIpc) is 3.04. The van der Waals surface area contributed by atoms with Gasteiger partial charge in [0.2, 0.25) is 5.28 Å².